The molecule has 1 aliphatic heterocycles. The molecule has 1 saturated heterocycles. The molecule has 8 atom stereocenters. The van der Waals surface area contributed by atoms with Gasteiger partial charge in [-0.3, -0.25) is 4.79 Å². The Balaban J connectivity index is 2.07. The van der Waals surface area contributed by atoms with Crippen LogP contribution < -0.4 is 5.32 Å². The van der Waals surface area contributed by atoms with Gasteiger partial charge in [0.1, 0.15) is 30.5 Å². The van der Waals surface area contributed by atoms with Crippen LogP contribution in [0.2, 0.25) is 0 Å². The second-order valence-corrected chi connectivity index (χ2v) is 8.46. The van der Waals surface area contributed by atoms with E-state index in [1.807, 2.05) is 13.8 Å². The van der Waals surface area contributed by atoms with Gasteiger partial charge in [-0.2, -0.15) is 0 Å². The summed E-state index contributed by atoms with van der Waals surface area (Å²) in [6.07, 6.45) is -0.935. The summed E-state index contributed by atoms with van der Waals surface area (Å²) in [4.78, 5) is 11.6. The lowest BCUT2D eigenvalue weighted by molar-refractivity contribution is -0.242. The third-order valence-corrected chi connectivity index (χ3v) is 5.80. The van der Waals surface area contributed by atoms with Gasteiger partial charge in [-0.1, -0.05) is 26.7 Å². The highest BCUT2D eigenvalue weighted by molar-refractivity contribution is 5.73. The highest BCUT2D eigenvalue weighted by Gasteiger charge is 2.46. The van der Waals surface area contributed by atoms with Gasteiger partial charge in [0.25, 0.3) is 0 Å². The predicted octanol–water partition coefficient (Wildman–Crippen LogP) is -0.133. The Morgan fingerprint density at radius 1 is 1.11 bits per heavy atom. The molecule has 0 aromatic heterocycles. The standard InChI is InChI=1S/C19H35NO7/c1-10(2)7-13(19(25)26)20-12-6-4-3-5-11(8-12)18-17(24)16(23)15(22)14(9-21)27-18/h10-18,20-24H,3-9H2,1-2H3,(H,25,26)/t11?,12?,13-,14+,15-,16-,17+,18-/m0/s1. The zero-order valence-electron chi connectivity index (χ0n) is 16.2. The molecule has 0 amide bonds. The number of hydrogen-bond acceptors (Lipinski definition) is 7. The molecule has 0 radical (unpaired) electrons. The second-order valence-electron chi connectivity index (χ2n) is 8.46. The van der Waals surface area contributed by atoms with Crippen molar-refractivity contribution in [3.8, 4) is 0 Å². The molecule has 27 heavy (non-hydrogen) atoms. The van der Waals surface area contributed by atoms with E-state index in [1.165, 1.54) is 0 Å². The zero-order valence-corrected chi connectivity index (χ0v) is 16.2. The smallest absolute Gasteiger partial charge is 0.320 e. The van der Waals surface area contributed by atoms with E-state index in [4.69, 9.17) is 4.74 Å². The summed E-state index contributed by atoms with van der Waals surface area (Å²) in [7, 11) is 0. The van der Waals surface area contributed by atoms with Crippen molar-refractivity contribution in [2.75, 3.05) is 6.61 Å². The molecule has 0 aromatic rings. The Kier molecular flexibility index (Phi) is 8.45. The first-order valence-corrected chi connectivity index (χ1v) is 10.0. The Bertz CT molecular complexity index is 473. The normalized spacial score (nSPS) is 39.1. The van der Waals surface area contributed by atoms with Crippen molar-refractivity contribution in [3.63, 3.8) is 0 Å². The maximum atomic E-state index is 11.6. The predicted molar refractivity (Wildman–Crippen MR) is 98.1 cm³/mol. The number of ether oxygens (including phenoxy) is 1. The average molecular weight is 389 g/mol. The van der Waals surface area contributed by atoms with Crippen LogP contribution in [-0.2, 0) is 9.53 Å². The monoisotopic (exact) mass is 389 g/mol. The molecule has 2 rings (SSSR count). The van der Waals surface area contributed by atoms with E-state index in [9.17, 15) is 30.3 Å². The molecule has 2 aliphatic rings. The van der Waals surface area contributed by atoms with Crippen LogP contribution in [0.4, 0.5) is 0 Å². The van der Waals surface area contributed by atoms with E-state index in [0.717, 1.165) is 25.7 Å². The number of carboxylic acid groups (broad SMARTS) is 1. The Morgan fingerprint density at radius 3 is 2.37 bits per heavy atom. The van der Waals surface area contributed by atoms with Crippen LogP contribution in [0.5, 0.6) is 0 Å². The fourth-order valence-corrected chi connectivity index (χ4v) is 4.36. The highest BCUT2D eigenvalue weighted by Crippen LogP contribution is 2.34. The second kappa shape index (κ2) is 10.1. The van der Waals surface area contributed by atoms with E-state index in [2.05, 4.69) is 5.32 Å². The number of aliphatic carboxylic acids is 1. The van der Waals surface area contributed by atoms with Gasteiger partial charge in [0.2, 0.25) is 0 Å². The van der Waals surface area contributed by atoms with Crippen molar-refractivity contribution in [1.82, 2.24) is 5.32 Å². The number of rotatable bonds is 7. The van der Waals surface area contributed by atoms with E-state index < -0.39 is 49.1 Å². The Hall–Kier alpha value is -0.770. The fourth-order valence-electron chi connectivity index (χ4n) is 4.36. The van der Waals surface area contributed by atoms with Gasteiger partial charge in [-0.15, -0.1) is 0 Å². The Labute approximate surface area is 160 Å². The van der Waals surface area contributed by atoms with Crippen LogP contribution in [0, 0.1) is 11.8 Å². The van der Waals surface area contributed by atoms with Crippen LogP contribution in [-0.4, -0.2) is 80.7 Å². The van der Waals surface area contributed by atoms with Gasteiger partial charge in [0.15, 0.2) is 0 Å². The first-order valence-electron chi connectivity index (χ1n) is 10.0. The number of carbonyl (C=O) groups is 1. The summed E-state index contributed by atoms with van der Waals surface area (Å²) in [6.45, 7) is 3.54. The fraction of sp³-hybridized carbons (Fsp3) is 0.947. The zero-order chi connectivity index (χ0) is 20.1. The molecule has 8 heteroatoms. The minimum atomic E-state index is -1.37. The molecule has 2 fully saturated rings. The largest absolute Gasteiger partial charge is 0.480 e. The summed E-state index contributed by atoms with van der Waals surface area (Å²) in [5.41, 5.74) is 0. The maximum Gasteiger partial charge on any atom is 0.320 e. The molecule has 1 saturated carbocycles. The van der Waals surface area contributed by atoms with Crippen molar-refractivity contribution in [1.29, 1.82) is 0 Å². The molecule has 2 unspecified atom stereocenters. The third-order valence-electron chi connectivity index (χ3n) is 5.80. The molecule has 6 N–H and O–H groups in total. The van der Waals surface area contributed by atoms with Crippen LogP contribution in [0.1, 0.15) is 52.4 Å². The summed E-state index contributed by atoms with van der Waals surface area (Å²) < 4.78 is 5.74. The molecular formula is C19H35NO7. The lowest BCUT2D eigenvalue weighted by Crippen LogP contribution is -2.60. The summed E-state index contributed by atoms with van der Waals surface area (Å²) in [5.74, 6) is -0.701. The van der Waals surface area contributed by atoms with Gasteiger partial charge >= 0.3 is 5.97 Å². The van der Waals surface area contributed by atoms with Gasteiger partial charge < -0.3 is 35.6 Å². The topological polar surface area (TPSA) is 139 Å². The van der Waals surface area contributed by atoms with Crippen molar-refractivity contribution in [3.05, 3.63) is 0 Å². The van der Waals surface area contributed by atoms with Gasteiger partial charge in [0.05, 0.1) is 12.7 Å². The van der Waals surface area contributed by atoms with Crippen LogP contribution in [0.3, 0.4) is 0 Å². The van der Waals surface area contributed by atoms with Crippen molar-refractivity contribution in [2.45, 2.75) is 95.0 Å². The minimum absolute atomic E-state index is 0.0234. The number of nitrogens with one attached hydrogen (secondary N) is 1. The van der Waals surface area contributed by atoms with Gasteiger partial charge in [0, 0.05) is 6.04 Å². The van der Waals surface area contributed by atoms with E-state index >= 15 is 0 Å². The maximum absolute atomic E-state index is 11.6. The summed E-state index contributed by atoms with van der Waals surface area (Å²) in [5, 5.41) is 52.6. The first-order chi connectivity index (χ1) is 12.7. The van der Waals surface area contributed by atoms with Gasteiger partial charge in [-0.05, 0) is 37.5 Å². The number of carboxylic acids is 1. The van der Waals surface area contributed by atoms with Crippen LogP contribution >= 0.6 is 0 Å². The minimum Gasteiger partial charge on any atom is -0.480 e. The SMILES string of the molecule is CC(C)C[C@H](NC1CCCCC([C@@H]2O[C@H](CO)[C@H](O)[C@H](O)[C@H]2O)C1)C(=O)O. The molecule has 158 valence electrons. The van der Waals surface area contributed by atoms with E-state index in [-0.39, 0.29) is 17.9 Å². The molecule has 1 heterocycles. The lowest BCUT2D eigenvalue weighted by Gasteiger charge is -2.43. The highest BCUT2D eigenvalue weighted by atomic mass is 16.5. The van der Waals surface area contributed by atoms with Crippen LogP contribution in [0.15, 0.2) is 0 Å². The van der Waals surface area contributed by atoms with E-state index in [1.54, 1.807) is 0 Å². The molecular weight excluding hydrogens is 354 g/mol. The van der Waals surface area contributed by atoms with Crippen LogP contribution in [0.25, 0.3) is 0 Å². The summed E-state index contributed by atoms with van der Waals surface area (Å²) >= 11 is 0. The quantitative estimate of drug-likeness (QED) is 0.331. The number of hydrogen-bond donors (Lipinski definition) is 6. The molecule has 8 nitrogen and oxygen atoms in total. The van der Waals surface area contributed by atoms with Crippen molar-refractivity contribution < 1.29 is 35.1 Å². The molecule has 0 aromatic carbocycles. The molecule has 1 aliphatic carbocycles. The number of aliphatic hydroxyl groups is 4. The van der Waals surface area contributed by atoms with Gasteiger partial charge in [-0.25, -0.2) is 0 Å². The average Bonchev–Trinajstić information content (AvgIpc) is 2.84. The lowest BCUT2D eigenvalue weighted by atomic mass is 9.83. The molecule has 0 bridgehead atoms. The van der Waals surface area contributed by atoms with E-state index in [0.29, 0.717) is 12.8 Å². The summed E-state index contributed by atoms with van der Waals surface area (Å²) in [6, 6.07) is -0.645. The first kappa shape index (κ1) is 22.5. The number of aliphatic hydroxyl groups excluding tert-OH is 4. The van der Waals surface area contributed by atoms with Crippen molar-refractivity contribution >= 4 is 5.97 Å². The third kappa shape index (κ3) is 5.85. The van der Waals surface area contributed by atoms with Crippen molar-refractivity contribution in [2.24, 2.45) is 11.8 Å². The molecule has 0 spiro atoms. The Morgan fingerprint density at radius 2 is 1.78 bits per heavy atom.